The molecule has 0 aliphatic carbocycles. The lowest BCUT2D eigenvalue weighted by atomic mass is 10.1. The Hall–Kier alpha value is -2.82. The van der Waals surface area contributed by atoms with E-state index in [2.05, 4.69) is 16.7 Å². The normalized spacial score (nSPS) is 16.7. The third-order valence-electron chi connectivity index (χ3n) is 4.68. The van der Waals surface area contributed by atoms with Gasteiger partial charge in [0.2, 0.25) is 5.91 Å². The van der Waals surface area contributed by atoms with Crippen molar-refractivity contribution in [1.82, 2.24) is 5.32 Å². The largest absolute Gasteiger partial charge is 0.326 e. The van der Waals surface area contributed by atoms with Crippen LogP contribution in [0.25, 0.3) is 0 Å². The van der Waals surface area contributed by atoms with Gasteiger partial charge in [-0.15, -0.1) is 0 Å². The molecule has 3 amide bonds. The number of amides is 3. The van der Waals surface area contributed by atoms with Crippen LogP contribution in [0.5, 0.6) is 0 Å². The molecule has 5 heteroatoms. The number of rotatable bonds is 4. The van der Waals surface area contributed by atoms with Gasteiger partial charge >= 0.3 is 6.03 Å². The Bertz CT molecular complexity index is 812. The summed E-state index contributed by atoms with van der Waals surface area (Å²) in [6.07, 6.45) is 1.44. The highest BCUT2D eigenvalue weighted by atomic mass is 16.2. The molecule has 136 valence electrons. The predicted molar refractivity (Wildman–Crippen MR) is 105 cm³/mol. The molecule has 1 aliphatic rings. The Morgan fingerprint density at radius 1 is 1.15 bits per heavy atom. The van der Waals surface area contributed by atoms with Crippen molar-refractivity contribution < 1.29 is 9.59 Å². The zero-order chi connectivity index (χ0) is 18.7. The lowest BCUT2D eigenvalue weighted by Crippen LogP contribution is -2.43. The molecule has 2 aromatic carbocycles. The molecular weight excluding hydrogens is 326 g/mol. The van der Waals surface area contributed by atoms with Gasteiger partial charge in [0.1, 0.15) is 6.04 Å². The molecule has 3 rings (SSSR count). The topological polar surface area (TPSA) is 61.4 Å². The van der Waals surface area contributed by atoms with Gasteiger partial charge in [-0.25, -0.2) is 4.79 Å². The molecule has 0 bridgehead atoms. The van der Waals surface area contributed by atoms with Crippen LogP contribution in [0, 0.1) is 13.8 Å². The van der Waals surface area contributed by atoms with Gasteiger partial charge in [0, 0.05) is 17.9 Å². The molecule has 1 saturated heterocycles. The van der Waals surface area contributed by atoms with Gasteiger partial charge in [-0.1, -0.05) is 31.2 Å². The van der Waals surface area contributed by atoms with Gasteiger partial charge in [-0.2, -0.15) is 0 Å². The minimum atomic E-state index is -0.496. The number of para-hydroxylation sites is 1. The molecule has 0 aromatic heterocycles. The van der Waals surface area contributed by atoms with E-state index in [1.807, 2.05) is 57.2 Å². The van der Waals surface area contributed by atoms with Crippen molar-refractivity contribution in [1.29, 1.82) is 0 Å². The number of hydrogen-bond acceptors (Lipinski definition) is 2. The van der Waals surface area contributed by atoms with Gasteiger partial charge in [-0.05, 0) is 61.6 Å². The summed E-state index contributed by atoms with van der Waals surface area (Å²) in [5.41, 5.74) is 4.99. The Morgan fingerprint density at radius 3 is 2.54 bits per heavy atom. The van der Waals surface area contributed by atoms with E-state index in [9.17, 15) is 9.59 Å². The monoisotopic (exact) mass is 351 g/mol. The van der Waals surface area contributed by atoms with E-state index in [4.69, 9.17) is 0 Å². The molecule has 1 atom stereocenters. The molecule has 1 fully saturated rings. The molecule has 0 spiro atoms. The van der Waals surface area contributed by atoms with Gasteiger partial charge in [-0.3, -0.25) is 4.79 Å². The first-order valence-electron chi connectivity index (χ1n) is 9.03. The maximum Gasteiger partial charge on any atom is 0.319 e. The molecule has 0 unspecified atom stereocenters. The van der Waals surface area contributed by atoms with Crippen molar-refractivity contribution >= 4 is 23.3 Å². The van der Waals surface area contributed by atoms with Crippen molar-refractivity contribution in [2.24, 2.45) is 0 Å². The van der Waals surface area contributed by atoms with E-state index in [1.54, 1.807) is 4.90 Å². The summed E-state index contributed by atoms with van der Waals surface area (Å²) in [6.45, 7) is 6.69. The standard InChI is InChI=1S/C21H25N3O2/c1-4-16-7-5-6-8-18(16)22-21(26)23-19-9-10-24(20(19)25)17-12-14(2)11-15(3)13-17/h5-8,11-13,19H,4,9-10H2,1-3H3,(H2,22,23,26)/t19-/m0/s1. The highest BCUT2D eigenvalue weighted by Crippen LogP contribution is 2.24. The van der Waals surface area contributed by atoms with Gasteiger partial charge < -0.3 is 15.5 Å². The minimum Gasteiger partial charge on any atom is -0.326 e. The van der Waals surface area contributed by atoms with Crippen molar-refractivity contribution in [3.63, 3.8) is 0 Å². The molecule has 2 N–H and O–H groups in total. The number of nitrogens with one attached hydrogen (secondary N) is 2. The molecule has 2 aromatic rings. The number of carbonyl (C=O) groups is 2. The average Bonchev–Trinajstić information content (AvgIpc) is 2.95. The third kappa shape index (κ3) is 3.87. The molecule has 5 nitrogen and oxygen atoms in total. The lowest BCUT2D eigenvalue weighted by molar-refractivity contribution is -0.118. The van der Waals surface area contributed by atoms with Crippen LogP contribution >= 0.6 is 0 Å². The number of carbonyl (C=O) groups excluding carboxylic acids is 2. The Balaban J connectivity index is 1.66. The van der Waals surface area contributed by atoms with Crippen LogP contribution in [0.1, 0.15) is 30.0 Å². The molecule has 26 heavy (non-hydrogen) atoms. The summed E-state index contributed by atoms with van der Waals surface area (Å²) < 4.78 is 0. The number of benzene rings is 2. The first-order valence-corrected chi connectivity index (χ1v) is 9.03. The first-order chi connectivity index (χ1) is 12.5. The van der Waals surface area contributed by atoms with Crippen LogP contribution in [-0.2, 0) is 11.2 Å². The Kier molecular flexibility index (Phi) is 5.26. The Labute approximate surface area is 154 Å². The van der Waals surface area contributed by atoms with E-state index in [1.165, 1.54) is 0 Å². The maximum absolute atomic E-state index is 12.7. The molecule has 0 saturated carbocycles. The quantitative estimate of drug-likeness (QED) is 0.880. The minimum absolute atomic E-state index is 0.0612. The zero-order valence-electron chi connectivity index (χ0n) is 15.5. The second-order valence-electron chi connectivity index (χ2n) is 6.79. The molecular formula is C21H25N3O2. The smallest absolute Gasteiger partial charge is 0.319 e. The maximum atomic E-state index is 12.7. The first kappa shape index (κ1) is 18.0. The number of aryl methyl sites for hydroxylation is 3. The predicted octanol–water partition coefficient (Wildman–Crippen LogP) is 3.79. The van der Waals surface area contributed by atoms with E-state index in [-0.39, 0.29) is 11.9 Å². The van der Waals surface area contributed by atoms with E-state index < -0.39 is 6.04 Å². The highest BCUT2D eigenvalue weighted by molar-refractivity contribution is 6.02. The summed E-state index contributed by atoms with van der Waals surface area (Å²) in [4.78, 5) is 26.8. The van der Waals surface area contributed by atoms with E-state index in [0.717, 1.165) is 34.5 Å². The summed E-state index contributed by atoms with van der Waals surface area (Å²) >= 11 is 0. The molecule has 1 heterocycles. The Morgan fingerprint density at radius 2 is 1.85 bits per heavy atom. The second kappa shape index (κ2) is 7.60. The van der Waals surface area contributed by atoms with Crippen LogP contribution in [0.4, 0.5) is 16.2 Å². The second-order valence-corrected chi connectivity index (χ2v) is 6.79. The van der Waals surface area contributed by atoms with Crippen LogP contribution in [0.15, 0.2) is 42.5 Å². The summed E-state index contributed by atoms with van der Waals surface area (Å²) in [5.74, 6) is -0.0612. The van der Waals surface area contributed by atoms with Crippen molar-refractivity contribution in [3.8, 4) is 0 Å². The van der Waals surface area contributed by atoms with Crippen LogP contribution in [-0.4, -0.2) is 24.5 Å². The third-order valence-corrected chi connectivity index (χ3v) is 4.68. The summed E-state index contributed by atoms with van der Waals surface area (Å²) in [7, 11) is 0. The van der Waals surface area contributed by atoms with Gasteiger partial charge in [0.15, 0.2) is 0 Å². The summed E-state index contributed by atoms with van der Waals surface area (Å²) in [5, 5.41) is 5.68. The molecule has 1 aliphatic heterocycles. The van der Waals surface area contributed by atoms with Crippen LogP contribution in [0.2, 0.25) is 0 Å². The van der Waals surface area contributed by atoms with Crippen LogP contribution < -0.4 is 15.5 Å². The van der Waals surface area contributed by atoms with Crippen molar-refractivity contribution in [2.45, 2.75) is 39.7 Å². The van der Waals surface area contributed by atoms with Gasteiger partial charge in [0.05, 0.1) is 0 Å². The van der Waals surface area contributed by atoms with Crippen LogP contribution in [0.3, 0.4) is 0 Å². The van der Waals surface area contributed by atoms with E-state index >= 15 is 0 Å². The van der Waals surface area contributed by atoms with Crippen molar-refractivity contribution in [3.05, 3.63) is 59.2 Å². The fourth-order valence-electron chi connectivity index (χ4n) is 3.44. The highest BCUT2D eigenvalue weighted by Gasteiger charge is 2.33. The zero-order valence-corrected chi connectivity index (χ0v) is 15.5. The number of nitrogens with zero attached hydrogens (tertiary/aromatic N) is 1. The lowest BCUT2D eigenvalue weighted by Gasteiger charge is -2.19. The van der Waals surface area contributed by atoms with Crippen molar-refractivity contribution in [2.75, 3.05) is 16.8 Å². The average molecular weight is 351 g/mol. The summed E-state index contributed by atoms with van der Waals surface area (Å²) in [6, 6.07) is 12.9. The number of anilines is 2. The van der Waals surface area contributed by atoms with Gasteiger partial charge in [0.25, 0.3) is 0 Å². The molecule has 0 radical (unpaired) electrons. The fraction of sp³-hybridized carbons (Fsp3) is 0.333. The number of urea groups is 1. The van der Waals surface area contributed by atoms with E-state index in [0.29, 0.717) is 13.0 Å². The SMILES string of the molecule is CCc1ccccc1NC(=O)N[C@H]1CCN(c2cc(C)cc(C)c2)C1=O. The fourth-order valence-corrected chi connectivity index (χ4v) is 3.44. The number of hydrogen-bond donors (Lipinski definition) is 2.